The second-order valence-electron chi connectivity index (χ2n) is 3.85. The third-order valence-corrected chi connectivity index (χ3v) is 2.40. The van der Waals surface area contributed by atoms with E-state index in [4.69, 9.17) is 0 Å². The quantitative estimate of drug-likeness (QED) is 0.532. The van der Waals surface area contributed by atoms with Crippen molar-refractivity contribution in [1.82, 2.24) is 5.32 Å². The number of nitrogens with one attached hydrogen (secondary N) is 1. The molecule has 66 valence electrons. The van der Waals surface area contributed by atoms with Gasteiger partial charge in [0.25, 0.3) is 0 Å². The molecule has 0 amide bonds. The molecule has 1 unspecified atom stereocenters. The Morgan fingerprint density at radius 1 is 1.33 bits per heavy atom. The number of hydrogen-bond donors (Lipinski definition) is 1. The first kappa shape index (κ1) is 13.5. The van der Waals surface area contributed by atoms with Crippen LogP contribution >= 0.6 is 0 Å². The molecular formula is C6H12BF3KN. The van der Waals surface area contributed by atoms with Gasteiger partial charge < -0.3 is 18.3 Å². The standard InChI is InChI=1S/C6H12BF3N.K/c1-6(2)4-11-3-5(6)7(8,9)10;/h5,11H,3-4H2,1-2H3;/q-1;+1. The van der Waals surface area contributed by atoms with Gasteiger partial charge in [0.1, 0.15) is 0 Å². The molecule has 6 heteroatoms. The molecule has 0 saturated carbocycles. The summed E-state index contributed by atoms with van der Waals surface area (Å²) >= 11 is 0. The van der Waals surface area contributed by atoms with Gasteiger partial charge in [0.15, 0.2) is 0 Å². The van der Waals surface area contributed by atoms with Crippen LogP contribution < -0.4 is 56.7 Å². The summed E-state index contributed by atoms with van der Waals surface area (Å²) in [4.78, 5) is 0. The van der Waals surface area contributed by atoms with E-state index < -0.39 is 18.2 Å². The predicted octanol–water partition coefficient (Wildman–Crippen LogP) is -1.16. The molecule has 1 nitrogen and oxygen atoms in total. The van der Waals surface area contributed by atoms with Gasteiger partial charge in [-0.3, -0.25) is 0 Å². The molecule has 0 bridgehead atoms. The third-order valence-electron chi connectivity index (χ3n) is 2.40. The largest absolute Gasteiger partial charge is 1.00 e. The maximum atomic E-state index is 12.3. The van der Waals surface area contributed by atoms with E-state index in [2.05, 4.69) is 5.32 Å². The normalized spacial score (nSPS) is 28.2. The van der Waals surface area contributed by atoms with Crippen LogP contribution in [-0.4, -0.2) is 20.1 Å². The smallest absolute Gasteiger partial charge is 0.449 e. The average Bonchev–Trinajstić information content (AvgIpc) is 2.06. The van der Waals surface area contributed by atoms with E-state index in [1.807, 2.05) is 0 Å². The van der Waals surface area contributed by atoms with Crippen molar-refractivity contribution in [3.05, 3.63) is 0 Å². The van der Waals surface area contributed by atoms with E-state index in [1.165, 1.54) is 0 Å². The molecule has 1 aliphatic heterocycles. The minimum atomic E-state index is -4.67. The van der Waals surface area contributed by atoms with Gasteiger partial charge >= 0.3 is 58.4 Å². The minimum Gasteiger partial charge on any atom is -0.449 e. The Morgan fingerprint density at radius 3 is 2.00 bits per heavy atom. The SMILES string of the molecule is CC1(C)CNCC1[B-](F)(F)F.[K+]. The first-order valence-electron chi connectivity index (χ1n) is 3.75. The monoisotopic (exact) mass is 205 g/mol. The van der Waals surface area contributed by atoms with Crippen LogP contribution in [0.25, 0.3) is 0 Å². The molecule has 1 rings (SSSR count). The maximum absolute atomic E-state index is 12.3. The summed E-state index contributed by atoms with van der Waals surface area (Å²) in [6, 6.07) is 0. The fourth-order valence-electron chi connectivity index (χ4n) is 1.60. The van der Waals surface area contributed by atoms with Crippen LogP contribution in [0.1, 0.15) is 13.8 Å². The van der Waals surface area contributed by atoms with Gasteiger partial charge in [-0.15, -0.1) is 0 Å². The van der Waals surface area contributed by atoms with Gasteiger partial charge in [-0.05, 0) is 18.5 Å². The van der Waals surface area contributed by atoms with Gasteiger partial charge in [-0.2, -0.15) is 0 Å². The zero-order chi connectivity index (χ0) is 8.70. The van der Waals surface area contributed by atoms with Crippen molar-refractivity contribution in [3.8, 4) is 0 Å². The van der Waals surface area contributed by atoms with Crippen molar-refractivity contribution >= 4 is 6.98 Å². The summed E-state index contributed by atoms with van der Waals surface area (Å²) in [5.74, 6) is -1.12. The van der Waals surface area contributed by atoms with Crippen LogP contribution in [0.2, 0.25) is 5.82 Å². The maximum Gasteiger partial charge on any atom is 1.00 e. The second-order valence-corrected chi connectivity index (χ2v) is 3.85. The Balaban J connectivity index is 0.00000121. The molecule has 0 aromatic rings. The summed E-state index contributed by atoms with van der Waals surface area (Å²) in [7, 11) is 0. The van der Waals surface area contributed by atoms with E-state index in [0.717, 1.165) is 0 Å². The molecule has 0 aromatic heterocycles. The Labute approximate surface area is 113 Å². The van der Waals surface area contributed by atoms with Crippen LogP contribution in [0.4, 0.5) is 12.9 Å². The van der Waals surface area contributed by atoms with Gasteiger partial charge in [-0.1, -0.05) is 19.7 Å². The predicted molar refractivity (Wildman–Crippen MR) is 39.5 cm³/mol. The molecule has 1 heterocycles. The molecule has 1 N–H and O–H groups in total. The zero-order valence-electron chi connectivity index (χ0n) is 7.70. The summed E-state index contributed by atoms with van der Waals surface area (Å²) in [5.41, 5.74) is -0.613. The van der Waals surface area contributed by atoms with Crippen molar-refractivity contribution < 1.29 is 64.3 Å². The van der Waals surface area contributed by atoms with E-state index in [0.29, 0.717) is 6.54 Å². The average molecular weight is 205 g/mol. The fraction of sp³-hybridized carbons (Fsp3) is 1.00. The molecule has 1 fully saturated rings. The van der Waals surface area contributed by atoms with Crippen LogP contribution in [-0.2, 0) is 0 Å². The molecule has 0 aromatic carbocycles. The Kier molecular flexibility index (Phi) is 4.84. The summed E-state index contributed by atoms with van der Waals surface area (Å²) < 4.78 is 36.8. The Morgan fingerprint density at radius 2 is 1.83 bits per heavy atom. The van der Waals surface area contributed by atoms with Crippen LogP contribution in [0, 0.1) is 5.41 Å². The topological polar surface area (TPSA) is 12.0 Å². The fourth-order valence-corrected chi connectivity index (χ4v) is 1.60. The van der Waals surface area contributed by atoms with Crippen molar-refractivity contribution in [1.29, 1.82) is 0 Å². The molecule has 1 saturated heterocycles. The molecular weight excluding hydrogens is 193 g/mol. The van der Waals surface area contributed by atoms with Crippen molar-refractivity contribution in [3.63, 3.8) is 0 Å². The Bertz CT molecular complexity index is 159. The molecule has 0 spiro atoms. The van der Waals surface area contributed by atoms with Gasteiger partial charge in [-0.25, -0.2) is 0 Å². The third kappa shape index (κ3) is 2.99. The molecule has 1 aliphatic rings. The Hall–Kier alpha value is 1.45. The molecule has 12 heavy (non-hydrogen) atoms. The molecule has 0 radical (unpaired) electrons. The first-order chi connectivity index (χ1) is 4.84. The van der Waals surface area contributed by atoms with Crippen LogP contribution in [0.3, 0.4) is 0 Å². The van der Waals surface area contributed by atoms with Crippen molar-refractivity contribution in [2.45, 2.75) is 19.7 Å². The molecule has 0 aliphatic carbocycles. The van der Waals surface area contributed by atoms with Crippen LogP contribution in [0.5, 0.6) is 0 Å². The summed E-state index contributed by atoms with van der Waals surface area (Å²) in [6.07, 6.45) is 0. The van der Waals surface area contributed by atoms with E-state index in [1.54, 1.807) is 13.8 Å². The van der Waals surface area contributed by atoms with E-state index >= 15 is 0 Å². The zero-order valence-corrected chi connectivity index (χ0v) is 10.8. The minimum absolute atomic E-state index is 0. The second kappa shape index (κ2) is 4.32. The first-order valence-corrected chi connectivity index (χ1v) is 3.75. The van der Waals surface area contributed by atoms with Gasteiger partial charge in [0, 0.05) is 0 Å². The summed E-state index contributed by atoms with van der Waals surface area (Å²) in [5, 5.41) is 2.76. The van der Waals surface area contributed by atoms with Crippen molar-refractivity contribution in [2.24, 2.45) is 5.41 Å². The van der Waals surface area contributed by atoms with Crippen molar-refractivity contribution in [2.75, 3.05) is 13.1 Å². The summed E-state index contributed by atoms with van der Waals surface area (Å²) in [6.45, 7) is -0.782. The number of halogens is 3. The number of rotatable bonds is 1. The molecule has 1 atom stereocenters. The van der Waals surface area contributed by atoms with Gasteiger partial charge in [0.05, 0.1) is 0 Å². The van der Waals surface area contributed by atoms with E-state index in [9.17, 15) is 12.9 Å². The van der Waals surface area contributed by atoms with Crippen LogP contribution in [0.15, 0.2) is 0 Å². The van der Waals surface area contributed by atoms with E-state index in [-0.39, 0.29) is 57.9 Å². The van der Waals surface area contributed by atoms with Gasteiger partial charge in [0.2, 0.25) is 0 Å². The number of hydrogen-bond acceptors (Lipinski definition) is 1.